The summed E-state index contributed by atoms with van der Waals surface area (Å²) in [6, 6.07) is 6.90. The Hall–Kier alpha value is -3.06. The molecule has 3 heterocycles. The third kappa shape index (κ3) is 7.36. The number of amides is 1. The summed E-state index contributed by atoms with van der Waals surface area (Å²) >= 11 is 0. The molecule has 0 saturated carbocycles. The summed E-state index contributed by atoms with van der Waals surface area (Å²) < 4.78 is 7.85. The van der Waals surface area contributed by atoms with E-state index in [1.54, 1.807) is 7.11 Å². The second-order valence-corrected chi connectivity index (χ2v) is 11.9. The van der Waals surface area contributed by atoms with Gasteiger partial charge in [0.1, 0.15) is 5.75 Å². The zero-order valence-corrected chi connectivity index (χ0v) is 25.2. The molecule has 2 fully saturated rings. The number of methoxy groups -OCH3 is 1. The van der Waals surface area contributed by atoms with Gasteiger partial charge in [0.05, 0.1) is 18.5 Å². The minimum atomic E-state index is 0.107. The molecule has 7 heteroatoms. The Morgan fingerprint density at radius 1 is 1.15 bits per heavy atom. The maximum atomic E-state index is 13.4. The van der Waals surface area contributed by atoms with Crippen molar-refractivity contribution in [1.29, 1.82) is 0 Å². The fourth-order valence-electron chi connectivity index (χ4n) is 6.34. The number of hydrogen-bond acceptors (Lipinski definition) is 5. The number of ether oxygens (including phenoxy) is 1. The van der Waals surface area contributed by atoms with Crippen molar-refractivity contribution in [3.8, 4) is 5.75 Å². The second kappa shape index (κ2) is 14.0. The summed E-state index contributed by atoms with van der Waals surface area (Å²) in [7, 11) is 3.90. The molecule has 1 aromatic carbocycles. The average Bonchev–Trinajstić information content (AvgIpc) is 3.32. The lowest BCUT2D eigenvalue weighted by Crippen LogP contribution is -2.43. The predicted octanol–water partition coefficient (Wildman–Crippen LogP) is 5.97. The number of nitrogens with zero attached hydrogens (tertiary/aromatic N) is 4. The molecule has 0 aliphatic carbocycles. The smallest absolute Gasteiger partial charge is 0.220 e. The number of aromatic nitrogens is 2. The highest BCUT2D eigenvalue weighted by atomic mass is 16.5. The number of likely N-dealkylation sites (tertiary alicyclic amines) is 1. The largest absolute Gasteiger partial charge is 0.495 e. The summed E-state index contributed by atoms with van der Waals surface area (Å²) in [5.74, 6) is 1.57. The van der Waals surface area contributed by atoms with Gasteiger partial charge >= 0.3 is 0 Å². The number of carbonyl (C=O) groups is 1. The molecule has 0 spiro atoms. The number of anilines is 1. The van der Waals surface area contributed by atoms with Crippen molar-refractivity contribution >= 4 is 17.7 Å². The van der Waals surface area contributed by atoms with E-state index in [4.69, 9.17) is 9.84 Å². The minimum absolute atomic E-state index is 0.107. The topological polar surface area (TPSA) is 62.6 Å². The summed E-state index contributed by atoms with van der Waals surface area (Å²) in [6.45, 7) is 14.3. The van der Waals surface area contributed by atoms with Crippen LogP contribution < -0.4 is 15.0 Å². The quantitative estimate of drug-likeness (QED) is 0.371. The van der Waals surface area contributed by atoms with E-state index in [9.17, 15) is 4.79 Å². The van der Waals surface area contributed by atoms with E-state index in [1.807, 2.05) is 16.8 Å². The van der Waals surface area contributed by atoms with E-state index in [2.05, 4.69) is 80.0 Å². The van der Waals surface area contributed by atoms with Crippen LogP contribution in [-0.4, -0.2) is 67.0 Å². The third-order valence-electron chi connectivity index (χ3n) is 8.75. The first-order valence-electron chi connectivity index (χ1n) is 15.0. The molecule has 7 nitrogen and oxygen atoms in total. The number of benzene rings is 1. The predicted molar refractivity (Wildman–Crippen MR) is 165 cm³/mol. The fraction of sp³-hybridized carbons (Fsp3) is 0.576. The van der Waals surface area contributed by atoms with Gasteiger partial charge in [0.2, 0.25) is 5.91 Å². The first-order valence-corrected chi connectivity index (χ1v) is 15.0. The van der Waals surface area contributed by atoms with Crippen LogP contribution in [-0.2, 0) is 4.79 Å². The molecule has 0 radical (unpaired) electrons. The van der Waals surface area contributed by atoms with Gasteiger partial charge in [-0.05, 0) is 102 Å². The van der Waals surface area contributed by atoms with Crippen LogP contribution in [0.15, 0.2) is 43.1 Å². The van der Waals surface area contributed by atoms with Crippen molar-refractivity contribution in [3.05, 3.63) is 59.9 Å². The summed E-state index contributed by atoms with van der Waals surface area (Å²) in [5, 5.41) is 8.33. The maximum Gasteiger partial charge on any atom is 0.220 e. The lowest BCUT2D eigenvalue weighted by Gasteiger charge is -2.31. The third-order valence-corrected chi connectivity index (χ3v) is 8.75. The van der Waals surface area contributed by atoms with Crippen molar-refractivity contribution in [3.63, 3.8) is 0 Å². The SMILES string of the molecule is C=C/C=C\c1ccc(OC)c(N2CCCC(C(CC(=O)NC3CCN(C)CC3)c3ccn(C(C)C)n3)CC2)c1C. The standard InChI is InChI=1S/C33H49N5O2/c1-7-8-10-26-12-13-31(40-6)33(25(26)4)37-18-9-11-27(14-21-37)29(30-17-22-38(35-30)24(2)3)23-32(39)34-28-15-19-36(5)20-16-28/h7-8,10,12-13,17,22,24,27-29H,1,9,11,14-16,18-21,23H2,2-6H3,(H,34,39)/b10-8-. The van der Waals surface area contributed by atoms with E-state index in [1.165, 1.54) is 16.8 Å². The molecule has 1 aromatic heterocycles. The zero-order valence-electron chi connectivity index (χ0n) is 25.2. The van der Waals surface area contributed by atoms with Crippen LogP contribution in [0.4, 0.5) is 5.69 Å². The van der Waals surface area contributed by atoms with E-state index in [-0.39, 0.29) is 17.9 Å². The van der Waals surface area contributed by atoms with Gasteiger partial charge in [-0.15, -0.1) is 0 Å². The zero-order chi connectivity index (χ0) is 28.6. The Morgan fingerprint density at radius 3 is 2.60 bits per heavy atom. The number of carbonyl (C=O) groups excluding carboxylic acids is 1. The van der Waals surface area contributed by atoms with Gasteiger partial charge in [0.25, 0.3) is 0 Å². The number of hydrogen-bond donors (Lipinski definition) is 1. The molecule has 218 valence electrons. The van der Waals surface area contributed by atoms with Gasteiger partial charge in [-0.25, -0.2) is 0 Å². The molecule has 1 amide bonds. The van der Waals surface area contributed by atoms with Crippen molar-refractivity contribution < 1.29 is 9.53 Å². The molecule has 4 rings (SSSR count). The normalized spacial score (nSPS) is 20.1. The maximum absolute atomic E-state index is 13.4. The first kappa shape index (κ1) is 29.9. The molecule has 2 atom stereocenters. The molecule has 2 aliphatic rings. The summed E-state index contributed by atoms with van der Waals surface area (Å²) in [6.07, 6.45) is 13.7. The first-order chi connectivity index (χ1) is 19.3. The summed E-state index contributed by atoms with van der Waals surface area (Å²) in [4.78, 5) is 18.2. The van der Waals surface area contributed by atoms with Gasteiger partial charge < -0.3 is 19.9 Å². The molecular weight excluding hydrogens is 498 g/mol. The molecule has 1 N–H and O–H groups in total. The monoisotopic (exact) mass is 547 g/mol. The molecule has 2 saturated heterocycles. The van der Waals surface area contributed by atoms with Gasteiger partial charge in [-0.1, -0.05) is 30.9 Å². The fourth-order valence-corrected chi connectivity index (χ4v) is 6.34. The Bertz CT molecular complexity index is 1160. The Kier molecular flexibility index (Phi) is 10.5. The van der Waals surface area contributed by atoms with E-state index < -0.39 is 0 Å². The van der Waals surface area contributed by atoms with E-state index >= 15 is 0 Å². The van der Waals surface area contributed by atoms with Crippen molar-refractivity contribution in [2.75, 3.05) is 45.2 Å². The second-order valence-electron chi connectivity index (χ2n) is 11.9. The molecule has 2 aliphatic heterocycles. The highest BCUT2D eigenvalue weighted by Gasteiger charge is 2.31. The lowest BCUT2D eigenvalue weighted by molar-refractivity contribution is -0.122. The average molecular weight is 548 g/mol. The Labute approximate surface area is 241 Å². The highest BCUT2D eigenvalue weighted by molar-refractivity contribution is 5.77. The number of rotatable bonds is 10. The van der Waals surface area contributed by atoms with Crippen molar-refractivity contribution in [2.45, 2.75) is 77.3 Å². The Balaban J connectivity index is 1.53. The van der Waals surface area contributed by atoms with E-state index in [0.29, 0.717) is 18.4 Å². The van der Waals surface area contributed by atoms with Gasteiger partial charge in [-0.2, -0.15) is 5.10 Å². The highest BCUT2D eigenvalue weighted by Crippen LogP contribution is 2.40. The van der Waals surface area contributed by atoms with E-state index in [0.717, 1.165) is 69.7 Å². The van der Waals surface area contributed by atoms with Gasteiger partial charge in [-0.3, -0.25) is 9.48 Å². The van der Waals surface area contributed by atoms with Crippen molar-refractivity contribution in [2.24, 2.45) is 5.92 Å². The molecule has 40 heavy (non-hydrogen) atoms. The molecule has 0 bridgehead atoms. The van der Waals surface area contributed by atoms with Crippen LogP contribution >= 0.6 is 0 Å². The molecular formula is C33H49N5O2. The number of piperidine rings is 1. The molecule has 2 aromatic rings. The number of allylic oxidation sites excluding steroid dienone is 2. The lowest BCUT2D eigenvalue weighted by atomic mass is 9.81. The minimum Gasteiger partial charge on any atom is -0.495 e. The van der Waals surface area contributed by atoms with Gasteiger partial charge in [0, 0.05) is 43.7 Å². The van der Waals surface area contributed by atoms with Crippen LogP contribution in [0.1, 0.15) is 81.2 Å². The van der Waals surface area contributed by atoms with Crippen LogP contribution in [0.5, 0.6) is 5.75 Å². The summed E-state index contributed by atoms with van der Waals surface area (Å²) in [5.41, 5.74) is 4.63. The van der Waals surface area contributed by atoms with Crippen LogP contribution in [0.3, 0.4) is 0 Å². The number of nitrogens with one attached hydrogen (secondary N) is 1. The Morgan fingerprint density at radius 2 is 1.93 bits per heavy atom. The van der Waals surface area contributed by atoms with Gasteiger partial charge in [0.15, 0.2) is 0 Å². The van der Waals surface area contributed by atoms with Crippen LogP contribution in [0.25, 0.3) is 6.08 Å². The van der Waals surface area contributed by atoms with Crippen molar-refractivity contribution in [1.82, 2.24) is 20.0 Å². The van der Waals surface area contributed by atoms with Crippen LogP contribution in [0.2, 0.25) is 0 Å². The molecule has 2 unspecified atom stereocenters. The van der Waals surface area contributed by atoms with Crippen LogP contribution in [0, 0.1) is 12.8 Å².